The Hall–Kier alpha value is -0.510. The van der Waals surface area contributed by atoms with Gasteiger partial charge in [-0.2, -0.15) is 0 Å². The van der Waals surface area contributed by atoms with E-state index in [9.17, 15) is 9.30 Å². The Balaban J connectivity index is 2.00. The van der Waals surface area contributed by atoms with Crippen LogP contribution in [-0.2, 0) is 0 Å². The highest BCUT2D eigenvalue weighted by molar-refractivity contribution is 5.12. The summed E-state index contributed by atoms with van der Waals surface area (Å²) in [5.41, 5.74) is -1.84. The molecule has 4 unspecified atom stereocenters. The summed E-state index contributed by atoms with van der Waals surface area (Å²) in [5, 5.41) is 6.31. The van der Waals surface area contributed by atoms with Gasteiger partial charge >= 0.3 is 0 Å². The molecule has 0 aromatic heterocycles. The number of alkyl halides is 1. The van der Waals surface area contributed by atoms with Crippen molar-refractivity contribution in [1.82, 2.24) is 5.32 Å². The Morgan fingerprint density at radius 3 is 2.85 bits per heavy atom. The Labute approximate surface area is 76.1 Å². The van der Waals surface area contributed by atoms with Crippen molar-refractivity contribution in [3.63, 3.8) is 0 Å². The van der Waals surface area contributed by atoms with Gasteiger partial charge in [-0.3, -0.25) is 5.32 Å². The molecule has 4 atom stereocenters. The van der Waals surface area contributed by atoms with Crippen molar-refractivity contribution in [2.45, 2.75) is 49.5 Å². The second-order valence-electron chi connectivity index (χ2n) is 5.01. The van der Waals surface area contributed by atoms with Gasteiger partial charge in [-0.1, -0.05) is 0 Å². The largest absolute Gasteiger partial charge is 0.287 e. The fourth-order valence-corrected chi connectivity index (χ4v) is 3.68. The van der Waals surface area contributed by atoms with Crippen LogP contribution >= 0.6 is 0 Å². The molecule has 2 saturated heterocycles. The van der Waals surface area contributed by atoms with Gasteiger partial charge in [0, 0.05) is 12.5 Å². The first-order chi connectivity index (χ1) is 6.13. The molecule has 2 heterocycles. The van der Waals surface area contributed by atoms with E-state index in [2.05, 4.69) is 10.5 Å². The van der Waals surface area contributed by atoms with Crippen molar-refractivity contribution in [3.05, 3.63) is 4.91 Å². The molecule has 0 aromatic carbocycles. The molecule has 4 rings (SSSR count). The predicted octanol–water partition coefficient (Wildman–Crippen LogP) is 1.72. The lowest BCUT2D eigenvalue weighted by molar-refractivity contribution is -0.0817. The van der Waals surface area contributed by atoms with E-state index in [0.717, 1.165) is 12.8 Å². The molecular formula is C9H13FN2O. The first kappa shape index (κ1) is 7.85. The van der Waals surface area contributed by atoms with Gasteiger partial charge in [0.05, 0.1) is 0 Å². The second-order valence-corrected chi connectivity index (χ2v) is 5.01. The third-order valence-corrected chi connectivity index (χ3v) is 3.77. The molecule has 1 N–H and O–H groups in total. The number of halogens is 1. The van der Waals surface area contributed by atoms with Crippen molar-refractivity contribution < 1.29 is 4.39 Å². The molecule has 0 aromatic rings. The van der Waals surface area contributed by atoms with E-state index in [1.165, 1.54) is 0 Å². The zero-order chi connectivity index (χ0) is 9.10. The number of nitrogens with zero attached hydrogens (tertiary/aromatic N) is 1. The smallest absolute Gasteiger partial charge is 0.156 e. The summed E-state index contributed by atoms with van der Waals surface area (Å²) >= 11 is 0. The summed E-state index contributed by atoms with van der Waals surface area (Å²) in [6.07, 6.45) is 3.32. The van der Waals surface area contributed by atoms with E-state index in [-0.39, 0.29) is 6.04 Å². The molecule has 3 nitrogen and oxygen atoms in total. The molecule has 4 fully saturated rings. The number of nitroso groups, excluding NO2 is 1. The third-order valence-electron chi connectivity index (χ3n) is 3.77. The summed E-state index contributed by atoms with van der Waals surface area (Å²) in [6.45, 7) is 0. The van der Waals surface area contributed by atoms with Crippen LogP contribution in [0.4, 0.5) is 4.39 Å². The van der Waals surface area contributed by atoms with Crippen molar-refractivity contribution >= 4 is 0 Å². The molecule has 2 aliphatic heterocycles. The van der Waals surface area contributed by atoms with E-state index >= 15 is 0 Å². The van der Waals surface area contributed by atoms with Gasteiger partial charge in [-0.05, 0) is 36.8 Å². The molecule has 2 aliphatic carbocycles. The Morgan fingerprint density at radius 2 is 2.23 bits per heavy atom. The average Bonchev–Trinajstić information content (AvgIpc) is 1.99. The number of hydrogen-bond donors (Lipinski definition) is 1. The van der Waals surface area contributed by atoms with Crippen LogP contribution in [0.1, 0.15) is 32.1 Å². The Morgan fingerprint density at radius 1 is 1.38 bits per heavy atom. The summed E-state index contributed by atoms with van der Waals surface area (Å²) in [6, 6.07) is 0.198. The molecule has 0 radical (unpaired) electrons. The van der Waals surface area contributed by atoms with Crippen molar-refractivity contribution in [2.75, 3.05) is 0 Å². The fraction of sp³-hybridized carbons (Fsp3) is 1.00. The third kappa shape index (κ3) is 0.980. The number of piperidine rings is 2. The van der Waals surface area contributed by atoms with Gasteiger partial charge in [0.2, 0.25) is 0 Å². The van der Waals surface area contributed by atoms with Gasteiger partial charge in [-0.25, -0.2) is 4.39 Å². The molecule has 0 spiro atoms. The number of nitrogens with one attached hydrogen (secondary N) is 1. The normalized spacial score (nSPS) is 58.2. The van der Waals surface area contributed by atoms with Gasteiger partial charge < -0.3 is 0 Å². The van der Waals surface area contributed by atoms with Gasteiger partial charge in [0.1, 0.15) is 5.67 Å². The zero-order valence-electron chi connectivity index (χ0n) is 7.42. The highest BCUT2D eigenvalue weighted by Gasteiger charge is 2.59. The van der Waals surface area contributed by atoms with Crippen LogP contribution in [0, 0.1) is 10.8 Å². The Bertz CT molecular complexity index is 254. The van der Waals surface area contributed by atoms with Crippen LogP contribution in [0.3, 0.4) is 0 Å². The van der Waals surface area contributed by atoms with Crippen molar-refractivity contribution in [2.24, 2.45) is 11.1 Å². The summed E-state index contributed by atoms with van der Waals surface area (Å²) in [4.78, 5) is 10.7. The van der Waals surface area contributed by atoms with E-state index in [1.807, 2.05) is 0 Å². The molecule has 13 heavy (non-hydrogen) atoms. The molecule has 2 saturated carbocycles. The van der Waals surface area contributed by atoms with Gasteiger partial charge in [0.15, 0.2) is 5.66 Å². The maximum absolute atomic E-state index is 14.1. The quantitative estimate of drug-likeness (QED) is 0.630. The lowest BCUT2D eigenvalue weighted by atomic mass is 9.60. The first-order valence-electron chi connectivity index (χ1n) is 4.94. The van der Waals surface area contributed by atoms with E-state index in [1.54, 1.807) is 0 Å². The van der Waals surface area contributed by atoms with Gasteiger partial charge in [-0.15, -0.1) is 4.91 Å². The number of rotatable bonds is 1. The maximum atomic E-state index is 14.1. The van der Waals surface area contributed by atoms with Crippen LogP contribution < -0.4 is 5.32 Å². The number of hydrogen-bond acceptors (Lipinski definition) is 3. The van der Waals surface area contributed by atoms with E-state index in [4.69, 9.17) is 0 Å². The highest BCUT2D eigenvalue weighted by atomic mass is 19.1. The van der Waals surface area contributed by atoms with Crippen LogP contribution in [0.5, 0.6) is 0 Å². The summed E-state index contributed by atoms with van der Waals surface area (Å²) in [5.74, 6) is 0.386. The monoisotopic (exact) mass is 184 g/mol. The standard InChI is InChI=1S/C9H13FN2O/c10-8-2-6-1-7(4-8)11-9(3-6,5-8)12-13/h6-7,11H,1-5H2. The molecule has 4 aliphatic rings. The molecular weight excluding hydrogens is 171 g/mol. The van der Waals surface area contributed by atoms with Crippen LogP contribution in [0.25, 0.3) is 0 Å². The summed E-state index contributed by atoms with van der Waals surface area (Å²) in [7, 11) is 0. The SMILES string of the molecule is O=NC12CC3CC(CC(F)(C3)C1)N2. The van der Waals surface area contributed by atoms with Crippen LogP contribution in [-0.4, -0.2) is 17.4 Å². The highest BCUT2D eigenvalue weighted by Crippen LogP contribution is 2.53. The predicted molar refractivity (Wildman–Crippen MR) is 45.9 cm³/mol. The maximum Gasteiger partial charge on any atom is 0.156 e. The van der Waals surface area contributed by atoms with Crippen molar-refractivity contribution in [3.8, 4) is 0 Å². The van der Waals surface area contributed by atoms with Crippen LogP contribution in [0.2, 0.25) is 0 Å². The summed E-state index contributed by atoms with van der Waals surface area (Å²) < 4.78 is 14.1. The van der Waals surface area contributed by atoms with E-state index in [0.29, 0.717) is 25.2 Å². The van der Waals surface area contributed by atoms with E-state index < -0.39 is 11.3 Å². The van der Waals surface area contributed by atoms with Crippen molar-refractivity contribution in [1.29, 1.82) is 0 Å². The lowest BCUT2D eigenvalue weighted by Crippen LogP contribution is -2.67. The molecule has 4 bridgehead atoms. The topological polar surface area (TPSA) is 41.5 Å². The minimum absolute atomic E-state index is 0.198. The molecule has 0 amide bonds. The second kappa shape index (κ2) is 2.11. The lowest BCUT2D eigenvalue weighted by Gasteiger charge is -2.56. The van der Waals surface area contributed by atoms with Gasteiger partial charge in [0.25, 0.3) is 0 Å². The average molecular weight is 184 g/mol. The van der Waals surface area contributed by atoms with Crippen LogP contribution in [0.15, 0.2) is 5.18 Å². The minimum atomic E-state index is -1.09. The zero-order valence-corrected chi connectivity index (χ0v) is 7.42. The molecule has 72 valence electrons. The Kier molecular flexibility index (Phi) is 1.27. The molecule has 4 heteroatoms. The first-order valence-corrected chi connectivity index (χ1v) is 4.94. The fourth-order valence-electron chi connectivity index (χ4n) is 3.68. The minimum Gasteiger partial charge on any atom is -0.287 e.